The maximum atomic E-state index is 13.1. The van der Waals surface area contributed by atoms with Crippen molar-refractivity contribution in [2.24, 2.45) is 4.99 Å². The molecule has 0 spiro atoms. The van der Waals surface area contributed by atoms with Crippen molar-refractivity contribution in [1.29, 1.82) is 0 Å². The lowest BCUT2D eigenvalue weighted by Gasteiger charge is -2.18. The highest BCUT2D eigenvalue weighted by Crippen LogP contribution is 2.18. The summed E-state index contributed by atoms with van der Waals surface area (Å²) in [5, 5.41) is 10.4. The first kappa shape index (κ1) is 21.3. The minimum absolute atomic E-state index is 0.0109. The van der Waals surface area contributed by atoms with E-state index in [2.05, 4.69) is 16.8 Å². The molecule has 0 fully saturated rings. The van der Waals surface area contributed by atoms with E-state index >= 15 is 0 Å². The van der Waals surface area contributed by atoms with Gasteiger partial charge in [-0.15, -0.1) is 0 Å². The van der Waals surface area contributed by atoms with Gasteiger partial charge < -0.3 is 5.11 Å². The predicted molar refractivity (Wildman–Crippen MR) is 119 cm³/mol. The Morgan fingerprint density at radius 2 is 1.50 bits per heavy atom. The average molecular weight is 419 g/mol. The number of para-hydroxylation sites is 1. The predicted octanol–water partition coefficient (Wildman–Crippen LogP) is 4.08. The fourth-order valence-electron chi connectivity index (χ4n) is 2.64. The van der Waals surface area contributed by atoms with Gasteiger partial charge in [0.2, 0.25) is 0 Å². The third-order valence-electron chi connectivity index (χ3n) is 4.40. The summed E-state index contributed by atoms with van der Waals surface area (Å²) in [6.07, 6.45) is -1.07. The van der Waals surface area contributed by atoms with E-state index in [1.165, 1.54) is 7.05 Å². The minimum Gasteiger partial charge on any atom is -0.376 e. The number of aliphatic hydroxyl groups is 1. The molecule has 0 saturated carbocycles. The summed E-state index contributed by atoms with van der Waals surface area (Å²) in [7, 11) is -2.47. The van der Waals surface area contributed by atoms with Crippen molar-refractivity contribution in [3.05, 3.63) is 96.1 Å². The van der Waals surface area contributed by atoms with E-state index in [4.69, 9.17) is 0 Å². The number of rotatable bonds is 4. The Labute approximate surface area is 177 Å². The van der Waals surface area contributed by atoms with E-state index in [0.717, 1.165) is 9.87 Å². The number of nitrogens with zero attached hydrogens (tertiary/aromatic N) is 2. The second kappa shape index (κ2) is 9.40. The Balaban J connectivity index is 2.01. The Hall–Kier alpha value is -3.40. The van der Waals surface area contributed by atoms with Crippen molar-refractivity contribution < 1.29 is 13.5 Å². The molecular weight excluding hydrogens is 396 g/mol. The van der Waals surface area contributed by atoms with Crippen LogP contribution >= 0.6 is 0 Å². The molecule has 0 saturated heterocycles. The van der Waals surface area contributed by atoms with Crippen molar-refractivity contribution in [1.82, 2.24) is 4.31 Å². The van der Waals surface area contributed by atoms with Crippen LogP contribution in [0.15, 0.2) is 94.8 Å². The van der Waals surface area contributed by atoms with Crippen LogP contribution in [0.1, 0.15) is 17.2 Å². The zero-order valence-electron chi connectivity index (χ0n) is 16.7. The summed E-state index contributed by atoms with van der Waals surface area (Å²) in [4.78, 5) is 4.55. The van der Waals surface area contributed by atoms with Crippen molar-refractivity contribution in [3.63, 3.8) is 0 Å². The highest BCUT2D eigenvalue weighted by atomic mass is 32.2. The number of aliphatic imine (C=N–C) groups is 1. The third-order valence-corrected chi connectivity index (χ3v) is 6.17. The molecule has 0 bridgehead atoms. The van der Waals surface area contributed by atoms with Gasteiger partial charge in [-0.25, -0.2) is 17.7 Å². The van der Waals surface area contributed by atoms with Crippen LogP contribution in [-0.4, -0.2) is 30.7 Å². The zero-order valence-corrected chi connectivity index (χ0v) is 17.5. The molecule has 3 aromatic carbocycles. The highest BCUT2D eigenvalue weighted by Gasteiger charge is 2.23. The molecule has 152 valence electrons. The number of amidine groups is 1. The van der Waals surface area contributed by atoms with Crippen LogP contribution in [0.2, 0.25) is 0 Å². The van der Waals surface area contributed by atoms with Gasteiger partial charge in [0.15, 0.2) is 5.84 Å². The fraction of sp³-hybridized carbons (Fsp3) is 0.125. The molecule has 0 radical (unpaired) electrons. The Bertz CT molecular complexity index is 1180. The molecule has 0 amide bonds. The number of sulfonamides is 1. The highest BCUT2D eigenvalue weighted by molar-refractivity contribution is 7.89. The van der Waals surface area contributed by atoms with Crippen molar-refractivity contribution in [2.75, 3.05) is 7.05 Å². The number of hydrogen-bond donors (Lipinski definition) is 1. The third kappa shape index (κ3) is 5.15. The summed E-state index contributed by atoms with van der Waals surface area (Å²) in [5.41, 5.74) is 2.13. The molecule has 0 heterocycles. The van der Waals surface area contributed by atoms with Gasteiger partial charge in [0.05, 0.1) is 10.6 Å². The van der Waals surface area contributed by atoms with E-state index in [-0.39, 0.29) is 10.7 Å². The Morgan fingerprint density at radius 3 is 2.10 bits per heavy atom. The first-order valence-electron chi connectivity index (χ1n) is 9.32. The van der Waals surface area contributed by atoms with Gasteiger partial charge >= 0.3 is 0 Å². The van der Waals surface area contributed by atoms with Gasteiger partial charge in [-0.1, -0.05) is 72.1 Å². The molecule has 1 atom stereocenters. The molecule has 3 rings (SSSR count). The Morgan fingerprint density at radius 1 is 0.933 bits per heavy atom. The van der Waals surface area contributed by atoms with Gasteiger partial charge in [-0.05, 0) is 42.7 Å². The maximum absolute atomic E-state index is 13.1. The molecule has 6 heteroatoms. The monoisotopic (exact) mass is 418 g/mol. The lowest BCUT2D eigenvalue weighted by Crippen LogP contribution is -2.32. The normalized spacial score (nSPS) is 12.6. The van der Waals surface area contributed by atoms with Crippen LogP contribution in [0.3, 0.4) is 0 Å². The number of aliphatic hydroxyl groups excluding tert-OH is 1. The summed E-state index contributed by atoms with van der Waals surface area (Å²) in [6.45, 7) is 1.89. The molecule has 3 aromatic rings. The van der Waals surface area contributed by atoms with Gasteiger partial charge in [-0.2, -0.15) is 0 Å². The van der Waals surface area contributed by atoms with Gasteiger partial charge in [0, 0.05) is 7.05 Å². The summed E-state index contributed by atoms with van der Waals surface area (Å²) < 4.78 is 27.2. The minimum atomic E-state index is -3.87. The zero-order chi connectivity index (χ0) is 21.6. The van der Waals surface area contributed by atoms with Crippen LogP contribution < -0.4 is 0 Å². The standard InChI is InChI=1S/C24H22N2O3S/c1-19-13-15-22(16-14-19)30(28,29)26(2)24(25-21-11-7-4-8-12-21)18-17-23(27)20-9-5-3-6-10-20/h3-16,23,27H,1-2H3. The molecule has 1 N–H and O–H groups in total. The molecule has 0 aromatic heterocycles. The van der Waals surface area contributed by atoms with Gasteiger partial charge in [0.1, 0.15) is 6.10 Å². The first-order valence-corrected chi connectivity index (χ1v) is 10.8. The average Bonchev–Trinajstić information content (AvgIpc) is 2.77. The van der Waals surface area contributed by atoms with Crippen molar-refractivity contribution in [2.45, 2.75) is 17.9 Å². The summed E-state index contributed by atoms with van der Waals surface area (Å²) in [5.74, 6) is 5.46. The molecule has 0 aliphatic carbocycles. The number of aryl methyl sites for hydroxylation is 1. The second-order valence-corrected chi connectivity index (χ2v) is 8.61. The largest absolute Gasteiger partial charge is 0.376 e. The van der Waals surface area contributed by atoms with E-state index in [1.807, 2.05) is 19.1 Å². The lowest BCUT2D eigenvalue weighted by molar-refractivity contribution is 0.238. The SMILES string of the molecule is Cc1ccc(S(=O)(=O)N(C)C(C#CC(O)c2ccccc2)=Nc2ccccc2)cc1. The topological polar surface area (TPSA) is 70.0 Å². The Kier molecular flexibility index (Phi) is 6.68. The van der Waals surface area contributed by atoms with Crippen LogP contribution in [0, 0.1) is 18.8 Å². The van der Waals surface area contributed by atoms with E-state index in [1.54, 1.807) is 72.8 Å². The first-order chi connectivity index (χ1) is 14.4. The van der Waals surface area contributed by atoms with Crippen LogP contribution in [-0.2, 0) is 10.0 Å². The number of hydrogen-bond acceptors (Lipinski definition) is 4. The van der Waals surface area contributed by atoms with Gasteiger partial charge in [-0.3, -0.25) is 0 Å². The molecule has 1 unspecified atom stereocenters. The van der Waals surface area contributed by atoms with Crippen molar-refractivity contribution >= 4 is 21.5 Å². The van der Waals surface area contributed by atoms with Gasteiger partial charge in [0.25, 0.3) is 10.0 Å². The molecule has 30 heavy (non-hydrogen) atoms. The molecule has 5 nitrogen and oxygen atoms in total. The van der Waals surface area contributed by atoms with Crippen molar-refractivity contribution in [3.8, 4) is 11.8 Å². The molecule has 0 aliphatic rings. The molecular formula is C24H22N2O3S. The van der Waals surface area contributed by atoms with Crippen LogP contribution in [0.5, 0.6) is 0 Å². The van der Waals surface area contributed by atoms with E-state index < -0.39 is 16.1 Å². The second-order valence-electron chi connectivity index (χ2n) is 6.64. The number of benzene rings is 3. The quantitative estimate of drug-likeness (QED) is 0.394. The lowest BCUT2D eigenvalue weighted by atomic mass is 10.1. The summed E-state index contributed by atoms with van der Waals surface area (Å²) >= 11 is 0. The van der Waals surface area contributed by atoms with Crippen LogP contribution in [0.25, 0.3) is 0 Å². The van der Waals surface area contributed by atoms with E-state index in [0.29, 0.717) is 11.3 Å². The molecule has 0 aliphatic heterocycles. The maximum Gasteiger partial charge on any atom is 0.265 e. The van der Waals surface area contributed by atoms with Crippen LogP contribution in [0.4, 0.5) is 5.69 Å². The van der Waals surface area contributed by atoms with E-state index in [9.17, 15) is 13.5 Å². The summed E-state index contributed by atoms with van der Waals surface area (Å²) in [6, 6.07) is 24.5. The smallest absolute Gasteiger partial charge is 0.265 e. The fourth-order valence-corrected chi connectivity index (χ4v) is 3.75.